The van der Waals surface area contributed by atoms with Crippen molar-refractivity contribution in [2.45, 2.75) is 45.6 Å². The van der Waals surface area contributed by atoms with Crippen LogP contribution in [0.25, 0.3) is 0 Å². The van der Waals surface area contributed by atoms with E-state index < -0.39 is 0 Å². The predicted molar refractivity (Wildman–Crippen MR) is 115 cm³/mol. The minimum atomic E-state index is -0.217. The molecule has 2 aromatic heterocycles. The minimum Gasteiger partial charge on any atom is -0.374 e. The summed E-state index contributed by atoms with van der Waals surface area (Å²) in [5, 5.41) is 13.7. The topological polar surface area (TPSA) is 100 Å². The molecule has 2 aromatic rings. The summed E-state index contributed by atoms with van der Waals surface area (Å²) in [7, 11) is 2.02. The van der Waals surface area contributed by atoms with E-state index in [4.69, 9.17) is 0 Å². The molecule has 160 valence electrons. The van der Waals surface area contributed by atoms with E-state index in [9.17, 15) is 9.59 Å². The van der Waals surface area contributed by atoms with Gasteiger partial charge in [-0.3, -0.25) is 14.6 Å². The number of pyridine rings is 1. The number of rotatable bonds is 9. The summed E-state index contributed by atoms with van der Waals surface area (Å²) >= 11 is 0. The molecule has 0 unspecified atom stereocenters. The summed E-state index contributed by atoms with van der Waals surface area (Å²) in [6.45, 7) is 5.43. The van der Waals surface area contributed by atoms with E-state index in [1.165, 1.54) is 0 Å². The van der Waals surface area contributed by atoms with Gasteiger partial charge < -0.3 is 15.5 Å². The SMILES string of the molecule is CCCCN(C)c1ccnc(C(=O)NC[C@@H]2CC[C@H]2NC(=O)c2nnccc2C)c1. The summed E-state index contributed by atoms with van der Waals surface area (Å²) in [5.41, 5.74) is 2.53. The summed E-state index contributed by atoms with van der Waals surface area (Å²) in [5.74, 6) is -0.209. The van der Waals surface area contributed by atoms with Crippen LogP contribution in [0.15, 0.2) is 30.6 Å². The molecule has 0 radical (unpaired) electrons. The molecule has 2 amide bonds. The molecular formula is C22H30N6O2. The van der Waals surface area contributed by atoms with E-state index in [1.807, 2.05) is 26.1 Å². The van der Waals surface area contributed by atoms with Crippen molar-refractivity contribution in [3.8, 4) is 0 Å². The molecule has 1 aliphatic rings. The van der Waals surface area contributed by atoms with Gasteiger partial charge >= 0.3 is 0 Å². The first-order valence-electron chi connectivity index (χ1n) is 10.5. The fourth-order valence-corrected chi connectivity index (χ4v) is 3.48. The molecule has 8 heteroatoms. The highest BCUT2D eigenvalue weighted by Crippen LogP contribution is 2.27. The number of aryl methyl sites for hydroxylation is 1. The Morgan fingerprint density at radius 3 is 2.73 bits per heavy atom. The predicted octanol–water partition coefficient (Wildman–Crippen LogP) is 2.35. The van der Waals surface area contributed by atoms with Crippen LogP contribution < -0.4 is 15.5 Å². The van der Waals surface area contributed by atoms with Crippen LogP contribution in [0.3, 0.4) is 0 Å². The molecule has 2 N–H and O–H groups in total. The fourth-order valence-electron chi connectivity index (χ4n) is 3.48. The maximum absolute atomic E-state index is 12.6. The zero-order valence-electron chi connectivity index (χ0n) is 17.9. The Balaban J connectivity index is 1.51. The molecule has 30 heavy (non-hydrogen) atoms. The number of carbonyl (C=O) groups is 2. The van der Waals surface area contributed by atoms with Gasteiger partial charge in [0.05, 0.1) is 0 Å². The summed E-state index contributed by atoms with van der Waals surface area (Å²) < 4.78 is 0. The van der Waals surface area contributed by atoms with Crippen molar-refractivity contribution >= 4 is 17.5 Å². The van der Waals surface area contributed by atoms with Crippen molar-refractivity contribution < 1.29 is 9.59 Å². The molecule has 1 aliphatic carbocycles. The molecule has 1 saturated carbocycles. The molecule has 0 bridgehead atoms. The number of hydrogen-bond donors (Lipinski definition) is 2. The summed E-state index contributed by atoms with van der Waals surface area (Å²) in [4.78, 5) is 31.4. The van der Waals surface area contributed by atoms with Crippen molar-refractivity contribution in [1.82, 2.24) is 25.8 Å². The van der Waals surface area contributed by atoms with Crippen molar-refractivity contribution in [2.24, 2.45) is 5.92 Å². The average molecular weight is 411 g/mol. The van der Waals surface area contributed by atoms with Crippen molar-refractivity contribution in [3.63, 3.8) is 0 Å². The number of carbonyl (C=O) groups excluding carboxylic acids is 2. The molecule has 8 nitrogen and oxygen atoms in total. The lowest BCUT2D eigenvalue weighted by Crippen LogP contribution is -2.51. The molecule has 1 fully saturated rings. The molecule has 0 aromatic carbocycles. The molecule has 3 rings (SSSR count). The first kappa shape index (κ1) is 21.7. The third kappa shape index (κ3) is 5.31. The lowest BCUT2D eigenvalue weighted by molar-refractivity contribution is 0.0852. The van der Waals surface area contributed by atoms with Gasteiger partial charge in [0.1, 0.15) is 5.69 Å². The first-order valence-corrected chi connectivity index (χ1v) is 10.5. The second-order valence-electron chi connectivity index (χ2n) is 7.86. The highest BCUT2D eigenvalue weighted by molar-refractivity contribution is 5.94. The summed E-state index contributed by atoms with van der Waals surface area (Å²) in [6.07, 6.45) is 7.31. The van der Waals surface area contributed by atoms with E-state index >= 15 is 0 Å². The largest absolute Gasteiger partial charge is 0.374 e. The Morgan fingerprint density at radius 2 is 2.03 bits per heavy atom. The number of amides is 2. The molecule has 0 saturated heterocycles. The highest BCUT2D eigenvalue weighted by Gasteiger charge is 2.33. The van der Waals surface area contributed by atoms with E-state index in [1.54, 1.807) is 18.5 Å². The van der Waals surface area contributed by atoms with E-state index in [0.717, 1.165) is 43.5 Å². The fraction of sp³-hybridized carbons (Fsp3) is 0.500. The van der Waals surface area contributed by atoms with Crippen LogP contribution in [0, 0.1) is 12.8 Å². The van der Waals surface area contributed by atoms with Gasteiger partial charge in [-0.05, 0) is 55.9 Å². The lowest BCUT2D eigenvalue weighted by atomic mass is 9.79. The molecular weight excluding hydrogens is 380 g/mol. The molecule has 0 aliphatic heterocycles. The number of unbranched alkanes of at least 4 members (excludes halogenated alkanes) is 1. The Labute approximate surface area is 177 Å². The van der Waals surface area contributed by atoms with Gasteiger partial charge in [-0.25, -0.2) is 0 Å². The van der Waals surface area contributed by atoms with Gasteiger partial charge in [0.2, 0.25) is 0 Å². The van der Waals surface area contributed by atoms with E-state index in [-0.39, 0.29) is 23.8 Å². The van der Waals surface area contributed by atoms with Crippen molar-refractivity contribution in [1.29, 1.82) is 0 Å². The van der Waals surface area contributed by atoms with Crippen LogP contribution in [0.5, 0.6) is 0 Å². The van der Waals surface area contributed by atoms with E-state index in [0.29, 0.717) is 17.9 Å². The summed E-state index contributed by atoms with van der Waals surface area (Å²) in [6, 6.07) is 5.53. The molecule has 0 spiro atoms. The quantitative estimate of drug-likeness (QED) is 0.658. The van der Waals surface area contributed by atoms with Crippen molar-refractivity contribution in [2.75, 3.05) is 25.0 Å². The third-order valence-electron chi connectivity index (χ3n) is 5.66. The molecule has 2 heterocycles. The second-order valence-corrected chi connectivity index (χ2v) is 7.86. The van der Waals surface area contributed by atoms with Crippen LogP contribution in [-0.4, -0.2) is 53.2 Å². The normalized spacial score (nSPS) is 17.7. The van der Waals surface area contributed by atoms with Gasteiger partial charge in [-0.15, -0.1) is 5.10 Å². The van der Waals surface area contributed by atoms with Crippen LogP contribution in [0.4, 0.5) is 5.69 Å². The number of nitrogens with zero attached hydrogens (tertiary/aromatic N) is 4. The third-order valence-corrected chi connectivity index (χ3v) is 5.66. The Morgan fingerprint density at radius 1 is 1.20 bits per heavy atom. The Hall–Kier alpha value is -3.03. The lowest BCUT2D eigenvalue weighted by Gasteiger charge is -2.37. The number of hydrogen-bond acceptors (Lipinski definition) is 6. The maximum atomic E-state index is 12.6. The van der Waals surface area contributed by atoms with Crippen LogP contribution in [-0.2, 0) is 0 Å². The smallest absolute Gasteiger partial charge is 0.272 e. The van der Waals surface area contributed by atoms with Crippen LogP contribution >= 0.6 is 0 Å². The van der Waals surface area contributed by atoms with Gasteiger partial charge in [0, 0.05) is 44.3 Å². The van der Waals surface area contributed by atoms with Gasteiger partial charge in [-0.2, -0.15) is 5.10 Å². The van der Waals surface area contributed by atoms with E-state index in [2.05, 4.69) is 37.6 Å². The zero-order valence-corrected chi connectivity index (χ0v) is 17.9. The minimum absolute atomic E-state index is 0.0266. The number of aromatic nitrogens is 3. The van der Waals surface area contributed by atoms with Gasteiger partial charge in [-0.1, -0.05) is 13.3 Å². The zero-order chi connectivity index (χ0) is 21.5. The highest BCUT2D eigenvalue weighted by atomic mass is 16.2. The standard InChI is InChI=1S/C22H30N6O2/c1-4-5-12-28(3)17-9-10-23-19(13-17)21(29)24-14-16-6-7-18(16)26-22(30)20-15(2)8-11-25-27-20/h8-11,13,16,18H,4-7,12,14H2,1-3H3,(H,24,29)(H,26,30)/t16-,18+/m0/s1. The second kappa shape index (κ2) is 10.1. The number of anilines is 1. The van der Waals surface area contributed by atoms with Crippen LogP contribution in [0.1, 0.15) is 59.1 Å². The van der Waals surface area contributed by atoms with Crippen molar-refractivity contribution in [3.05, 3.63) is 47.5 Å². The first-order chi connectivity index (χ1) is 14.5. The average Bonchev–Trinajstić information content (AvgIpc) is 2.75. The van der Waals surface area contributed by atoms with Gasteiger partial charge in [0.15, 0.2) is 5.69 Å². The maximum Gasteiger partial charge on any atom is 0.272 e. The Kier molecular flexibility index (Phi) is 7.32. The Bertz CT molecular complexity index is 887. The van der Waals surface area contributed by atoms with Gasteiger partial charge in [0.25, 0.3) is 11.8 Å². The van der Waals surface area contributed by atoms with Crippen LogP contribution in [0.2, 0.25) is 0 Å². The monoisotopic (exact) mass is 410 g/mol. The number of nitrogens with one attached hydrogen (secondary N) is 2. The molecule has 2 atom stereocenters.